The molecule has 1 aromatic rings. The van der Waals surface area contributed by atoms with Crippen LogP contribution in [0, 0.1) is 14.9 Å². The molecule has 0 radical (unpaired) electrons. The minimum atomic E-state index is 0.578. The van der Waals surface area contributed by atoms with Gasteiger partial charge in [0.2, 0.25) is 0 Å². The summed E-state index contributed by atoms with van der Waals surface area (Å²) >= 11 is 2.13. The summed E-state index contributed by atoms with van der Waals surface area (Å²) in [6.45, 7) is 2.49. The molecule has 0 N–H and O–H groups in total. The number of nitriles is 1. The number of benzene rings is 1. The lowest BCUT2D eigenvalue weighted by molar-refractivity contribution is 0.308. The summed E-state index contributed by atoms with van der Waals surface area (Å²) in [4.78, 5) is 0. The number of hydrogen-bond donors (Lipinski definition) is 0. The van der Waals surface area contributed by atoms with Gasteiger partial charge in [-0.25, -0.2) is 0 Å². The number of methoxy groups -OCH3 is 1. The zero-order valence-corrected chi connectivity index (χ0v) is 10.2. The minimum Gasteiger partial charge on any atom is -0.493 e. The molecule has 0 fully saturated rings. The van der Waals surface area contributed by atoms with Crippen molar-refractivity contribution in [1.29, 1.82) is 5.26 Å². The fourth-order valence-corrected chi connectivity index (χ4v) is 1.83. The van der Waals surface area contributed by atoms with Crippen LogP contribution in [-0.2, 0) is 0 Å². The van der Waals surface area contributed by atoms with Crippen LogP contribution in [0.2, 0.25) is 0 Å². The van der Waals surface area contributed by atoms with E-state index in [-0.39, 0.29) is 0 Å². The molecule has 0 aliphatic carbocycles. The quantitative estimate of drug-likeness (QED) is 0.806. The Kier molecular flexibility index (Phi) is 4.01. The van der Waals surface area contributed by atoms with Crippen LogP contribution in [0.4, 0.5) is 0 Å². The highest BCUT2D eigenvalue weighted by molar-refractivity contribution is 14.1. The van der Waals surface area contributed by atoms with E-state index >= 15 is 0 Å². The van der Waals surface area contributed by atoms with E-state index < -0.39 is 0 Å². The van der Waals surface area contributed by atoms with Crippen LogP contribution in [0.25, 0.3) is 0 Å². The number of ether oxygens (including phenoxy) is 2. The second-order valence-corrected chi connectivity index (χ2v) is 3.70. The van der Waals surface area contributed by atoms with Gasteiger partial charge >= 0.3 is 0 Å². The van der Waals surface area contributed by atoms with Gasteiger partial charge in [-0.3, -0.25) is 0 Å². The monoisotopic (exact) mass is 303 g/mol. The summed E-state index contributed by atoms with van der Waals surface area (Å²) in [6, 6.07) is 5.52. The highest BCUT2D eigenvalue weighted by Crippen LogP contribution is 2.33. The molecule has 3 nitrogen and oxygen atoms in total. The Morgan fingerprint density at radius 2 is 2.21 bits per heavy atom. The second-order valence-electron chi connectivity index (χ2n) is 2.53. The predicted molar refractivity (Wildman–Crippen MR) is 61.6 cm³/mol. The SMILES string of the molecule is CCOc1c(I)cc(C#N)cc1OC. The van der Waals surface area contributed by atoms with Crippen molar-refractivity contribution in [1.82, 2.24) is 0 Å². The number of hydrogen-bond acceptors (Lipinski definition) is 3. The summed E-state index contributed by atoms with van der Waals surface area (Å²) in [5.41, 5.74) is 0.578. The summed E-state index contributed by atoms with van der Waals surface area (Å²) in [6.07, 6.45) is 0. The van der Waals surface area contributed by atoms with Crippen LogP contribution in [0.1, 0.15) is 12.5 Å². The van der Waals surface area contributed by atoms with Crippen LogP contribution < -0.4 is 9.47 Å². The summed E-state index contributed by atoms with van der Waals surface area (Å²) in [5.74, 6) is 1.31. The van der Waals surface area contributed by atoms with Crippen molar-refractivity contribution < 1.29 is 9.47 Å². The average Bonchev–Trinajstić information content (AvgIpc) is 2.20. The van der Waals surface area contributed by atoms with Gasteiger partial charge in [0.15, 0.2) is 11.5 Å². The fourth-order valence-electron chi connectivity index (χ4n) is 1.07. The third kappa shape index (κ3) is 2.29. The zero-order chi connectivity index (χ0) is 10.6. The zero-order valence-electron chi connectivity index (χ0n) is 8.00. The van der Waals surface area contributed by atoms with E-state index in [2.05, 4.69) is 28.7 Å². The van der Waals surface area contributed by atoms with Crippen LogP contribution in [0.5, 0.6) is 11.5 Å². The Morgan fingerprint density at radius 1 is 1.50 bits per heavy atom. The van der Waals surface area contributed by atoms with Gasteiger partial charge in [-0.15, -0.1) is 0 Å². The van der Waals surface area contributed by atoms with E-state index in [0.29, 0.717) is 23.7 Å². The summed E-state index contributed by atoms with van der Waals surface area (Å²) in [5, 5.41) is 8.75. The van der Waals surface area contributed by atoms with E-state index in [1.807, 2.05) is 6.92 Å². The molecule has 0 amide bonds. The average molecular weight is 303 g/mol. The Bertz CT molecular complexity index is 371. The lowest BCUT2D eigenvalue weighted by Gasteiger charge is -2.11. The maximum Gasteiger partial charge on any atom is 0.174 e. The van der Waals surface area contributed by atoms with Gasteiger partial charge in [-0.1, -0.05) is 0 Å². The molecule has 0 aromatic heterocycles. The van der Waals surface area contributed by atoms with E-state index in [0.717, 1.165) is 3.57 Å². The first-order valence-corrected chi connectivity index (χ1v) is 5.21. The molecule has 1 aromatic carbocycles. The van der Waals surface area contributed by atoms with Gasteiger partial charge in [-0.05, 0) is 35.6 Å². The van der Waals surface area contributed by atoms with E-state index in [4.69, 9.17) is 14.7 Å². The molecule has 0 saturated heterocycles. The number of nitrogens with zero attached hydrogens (tertiary/aromatic N) is 1. The first-order valence-electron chi connectivity index (χ1n) is 4.13. The Hall–Kier alpha value is -0.960. The normalized spacial score (nSPS) is 9.29. The first-order chi connectivity index (χ1) is 6.72. The molecular weight excluding hydrogens is 293 g/mol. The van der Waals surface area contributed by atoms with Crippen molar-refractivity contribution in [3.05, 3.63) is 21.3 Å². The fraction of sp³-hybridized carbons (Fsp3) is 0.300. The van der Waals surface area contributed by atoms with Gasteiger partial charge in [0.25, 0.3) is 0 Å². The first kappa shape index (κ1) is 11.1. The molecule has 0 aliphatic rings. The Labute approximate surface area is 96.8 Å². The Balaban J connectivity index is 3.21. The standard InChI is InChI=1S/C10H10INO2/c1-3-14-10-8(11)4-7(6-12)5-9(10)13-2/h4-5H,3H2,1-2H3. The number of halogens is 1. The van der Waals surface area contributed by atoms with E-state index in [1.54, 1.807) is 19.2 Å². The molecule has 0 atom stereocenters. The van der Waals surface area contributed by atoms with E-state index in [1.165, 1.54) is 0 Å². The second kappa shape index (κ2) is 5.05. The van der Waals surface area contributed by atoms with Crippen molar-refractivity contribution in [3.8, 4) is 17.6 Å². The lowest BCUT2D eigenvalue weighted by Crippen LogP contribution is -1.98. The molecule has 4 heteroatoms. The summed E-state index contributed by atoms with van der Waals surface area (Å²) in [7, 11) is 1.56. The highest BCUT2D eigenvalue weighted by Gasteiger charge is 2.10. The van der Waals surface area contributed by atoms with Crippen molar-refractivity contribution in [2.45, 2.75) is 6.92 Å². The lowest BCUT2D eigenvalue weighted by atomic mass is 10.2. The van der Waals surface area contributed by atoms with Crippen LogP contribution in [0.3, 0.4) is 0 Å². The molecule has 0 aliphatic heterocycles. The number of rotatable bonds is 3. The molecule has 0 unspecified atom stereocenters. The Morgan fingerprint density at radius 3 is 2.71 bits per heavy atom. The van der Waals surface area contributed by atoms with Crippen LogP contribution in [0.15, 0.2) is 12.1 Å². The minimum absolute atomic E-state index is 0.578. The van der Waals surface area contributed by atoms with Crippen molar-refractivity contribution in [3.63, 3.8) is 0 Å². The molecule has 0 spiro atoms. The van der Waals surface area contributed by atoms with Crippen LogP contribution in [-0.4, -0.2) is 13.7 Å². The van der Waals surface area contributed by atoms with Crippen molar-refractivity contribution in [2.75, 3.05) is 13.7 Å². The third-order valence-electron chi connectivity index (χ3n) is 1.65. The smallest absolute Gasteiger partial charge is 0.174 e. The molecule has 1 rings (SSSR count). The third-order valence-corrected chi connectivity index (χ3v) is 2.45. The largest absolute Gasteiger partial charge is 0.493 e. The van der Waals surface area contributed by atoms with Crippen LogP contribution >= 0.6 is 22.6 Å². The maximum absolute atomic E-state index is 8.75. The molecule has 0 bridgehead atoms. The van der Waals surface area contributed by atoms with Crippen molar-refractivity contribution in [2.24, 2.45) is 0 Å². The van der Waals surface area contributed by atoms with E-state index in [9.17, 15) is 0 Å². The van der Waals surface area contributed by atoms with Gasteiger partial charge < -0.3 is 9.47 Å². The van der Waals surface area contributed by atoms with Gasteiger partial charge in [0, 0.05) is 6.07 Å². The van der Waals surface area contributed by atoms with Gasteiger partial charge in [0.05, 0.1) is 28.9 Å². The maximum atomic E-state index is 8.75. The molecule has 74 valence electrons. The van der Waals surface area contributed by atoms with Crippen molar-refractivity contribution >= 4 is 22.6 Å². The molecular formula is C10H10INO2. The predicted octanol–water partition coefficient (Wildman–Crippen LogP) is 2.57. The topological polar surface area (TPSA) is 42.2 Å². The molecule has 14 heavy (non-hydrogen) atoms. The molecule has 0 saturated carbocycles. The van der Waals surface area contributed by atoms with Gasteiger partial charge in [-0.2, -0.15) is 5.26 Å². The van der Waals surface area contributed by atoms with Gasteiger partial charge in [0.1, 0.15) is 0 Å². The highest BCUT2D eigenvalue weighted by atomic mass is 127. The summed E-state index contributed by atoms with van der Waals surface area (Å²) < 4.78 is 11.4. The molecule has 0 heterocycles.